The molecule has 1 atom stereocenters. The molecule has 0 N–H and O–H groups in total. The number of benzene rings is 1. The van der Waals surface area contributed by atoms with Crippen molar-refractivity contribution in [2.75, 3.05) is 20.1 Å². The Morgan fingerprint density at radius 3 is 2.16 bits per heavy atom. The second kappa shape index (κ2) is 7.46. The van der Waals surface area contributed by atoms with E-state index in [9.17, 15) is 13.2 Å². The molecule has 5 nitrogen and oxygen atoms in total. The highest BCUT2D eigenvalue weighted by molar-refractivity contribution is 7.89. The van der Waals surface area contributed by atoms with E-state index < -0.39 is 10.0 Å². The molecule has 1 aromatic rings. The first kappa shape index (κ1) is 18.4. The van der Waals surface area contributed by atoms with Gasteiger partial charge in [0.1, 0.15) is 0 Å². The lowest BCUT2D eigenvalue weighted by Gasteiger charge is -2.25. The largest absolute Gasteiger partial charge is 0.339 e. The van der Waals surface area contributed by atoms with Crippen LogP contribution in [0, 0.1) is 5.92 Å². The van der Waals surface area contributed by atoms with Gasteiger partial charge in [-0.25, -0.2) is 8.42 Å². The van der Waals surface area contributed by atoms with E-state index in [1.54, 1.807) is 33.5 Å². The van der Waals surface area contributed by atoms with Crippen LogP contribution < -0.4 is 0 Å². The van der Waals surface area contributed by atoms with Crippen LogP contribution in [0.1, 0.15) is 55.8 Å². The van der Waals surface area contributed by atoms with E-state index in [0.29, 0.717) is 24.6 Å². The minimum Gasteiger partial charge on any atom is -0.339 e. The fourth-order valence-electron chi connectivity index (χ4n) is 3.48. The molecule has 0 spiro atoms. The average molecular weight is 365 g/mol. The first-order valence-corrected chi connectivity index (χ1v) is 10.7. The van der Waals surface area contributed by atoms with Gasteiger partial charge in [-0.3, -0.25) is 4.79 Å². The Kier molecular flexibility index (Phi) is 5.49. The van der Waals surface area contributed by atoms with Crippen molar-refractivity contribution in [2.24, 2.45) is 5.92 Å². The Morgan fingerprint density at radius 1 is 1.08 bits per heavy atom. The minimum atomic E-state index is -3.46. The molecule has 1 heterocycles. The van der Waals surface area contributed by atoms with Crippen LogP contribution >= 0.6 is 0 Å². The van der Waals surface area contributed by atoms with Crippen LogP contribution in [0.25, 0.3) is 0 Å². The Hall–Kier alpha value is -1.40. The van der Waals surface area contributed by atoms with Crippen molar-refractivity contribution < 1.29 is 13.2 Å². The molecule has 3 rings (SSSR count). The molecule has 2 aliphatic rings. The number of rotatable bonds is 5. The van der Waals surface area contributed by atoms with Crippen LogP contribution in [-0.4, -0.2) is 49.7 Å². The average Bonchev–Trinajstić information content (AvgIpc) is 3.46. The molecule has 1 aliphatic carbocycles. The standard InChI is InChI=1S/C19H28N2O3S/c1-15(16-7-8-16)20(2)19(22)17-9-11-18(12-10-17)25(23,24)21-13-5-3-4-6-14-21/h9-12,15-16H,3-8,13-14H2,1-2H3/t15-/m1/s1. The summed E-state index contributed by atoms with van der Waals surface area (Å²) in [5, 5.41) is 0. The van der Waals surface area contributed by atoms with Crippen molar-refractivity contribution in [3.63, 3.8) is 0 Å². The Bertz CT molecular complexity index is 703. The molecule has 2 fully saturated rings. The molecule has 0 radical (unpaired) electrons. The lowest BCUT2D eigenvalue weighted by molar-refractivity contribution is 0.0727. The van der Waals surface area contributed by atoms with E-state index in [2.05, 4.69) is 6.92 Å². The number of carbonyl (C=O) groups is 1. The molecular weight excluding hydrogens is 336 g/mol. The van der Waals surface area contributed by atoms with Crippen LogP contribution in [0.4, 0.5) is 0 Å². The first-order valence-electron chi connectivity index (χ1n) is 9.28. The van der Waals surface area contributed by atoms with Crippen molar-refractivity contribution in [1.29, 1.82) is 0 Å². The summed E-state index contributed by atoms with van der Waals surface area (Å²) in [5.41, 5.74) is 0.546. The van der Waals surface area contributed by atoms with Gasteiger partial charge in [0.15, 0.2) is 0 Å². The van der Waals surface area contributed by atoms with Gasteiger partial charge in [-0.05, 0) is 62.8 Å². The molecule has 138 valence electrons. The number of carbonyl (C=O) groups excluding carboxylic acids is 1. The Morgan fingerprint density at radius 2 is 1.64 bits per heavy atom. The van der Waals surface area contributed by atoms with Gasteiger partial charge in [0.25, 0.3) is 5.91 Å². The van der Waals surface area contributed by atoms with Crippen molar-refractivity contribution in [1.82, 2.24) is 9.21 Å². The predicted octanol–water partition coefficient (Wildman–Crippen LogP) is 3.12. The smallest absolute Gasteiger partial charge is 0.253 e. The third kappa shape index (κ3) is 4.06. The van der Waals surface area contributed by atoms with Gasteiger partial charge in [0, 0.05) is 31.7 Å². The Balaban J connectivity index is 1.73. The van der Waals surface area contributed by atoms with Gasteiger partial charge in [-0.2, -0.15) is 4.31 Å². The van der Waals surface area contributed by atoms with E-state index >= 15 is 0 Å². The van der Waals surface area contributed by atoms with E-state index in [4.69, 9.17) is 0 Å². The fourth-order valence-corrected chi connectivity index (χ4v) is 5.00. The second-order valence-electron chi connectivity index (χ2n) is 7.34. The summed E-state index contributed by atoms with van der Waals surface area (Å²) in [7, 11) is -1.63. The highest BCUT2D eigenvalue weighted by Crippen LogP contribution is 2.35. The number of nitrogens with zero attached hydrogens (tertiary/aromatic N) is 2. The summed E-state index contributed by atoms with van der Waals surface area (Å²) in [6, 6.07) is 6.66. The molecule has 25 heavy (non-hydrogen) atoms. The minimum absolute atomic E-state index is 0.0434. The molecule has 1 aromatic carbocycles. The molecule has 0 bridgehead atoms. The number of sulfonamides is 1. The number of amides is 1. The van der Waals surface area contributed by atoms with Crippen molar-refractivity contribution in [3.05, 3.63) is 29.8 Å². The maximum absolute atomic E-state index is 12.8. The lowest BCUT2D eigenvalue weighted by Crippen LogP contribution is -2.36. The van der Waals surface area contributed by atoms with Crippen LogP contribution in [0.2, 0.25) is 0 Å². The summed E-state index contributed by atoms with van der Waals surface area (Å²) in [6.07, 6.45) is 6.38. The van der Waals surface area contributed by atoms with Crippen molar-refractivity contribution >= 4 is 15.9 Å². The summed E-state index contributed by atoms with van der Waals surface area (Å²) >= 11 is 0. The zero-order valence-electron chi connectivity index (χ0n) is 15.1. The maximum atomic E-state index is 12.8. The highest BCUT2D eigenvalue weighted by Gasteiger charge is 2.33. The van der Waals surface area contributed by atoms with Gasteiger partial charge in [-0.1, -0.05) is 12.8 Å². The Labute approximate surface area is 151 Å². The molecular formula is C19H28N2O3S. The molecule has 1 amide bonds. The normalized spacial score (nSPS) is 20.7. The maximum Gasteiger partial charge on any atom is 0.253 e. The molecule has 1 saturated carbocycles. The van der Waals surface area contributed by atoms with E-state index in [1.807, 2.05) is 7.05 Å². The number of hydrogen-bond acceptors (Lipinski definition) is 3. The summed E-state index contributed by atoms with van der Waals surface area (Å²) in [6.45, 7) is 3.25. The van der Waals surface area contributed by atoms with Crippen molar-refractivity contribution in [3.8, 4) is 0 Å². The quantitative estimate of drug-likeness (QED) is 0.806. The molecule has 1 saturated heterocycles. The molecule has 0 aromatic heterocycles. The third-order valence-corrected chi connectivity index (χ3v) is 7.45. The van der Waals surface area contributed by atoms with Gasteiger partial charge in [0.2, 0.25) is 10.0 Å². The summed E-state index contributed by atoms with van der Waals surface area (Å²) < 4.78 is 27.2. The van der Waals surface area contributed by atoms with Crippen LogP contribution in [0.5, 0.6) is 0 Å². The third-order valence-electron chi connectivity index (χ3n) is 5.54. The van der Waals surface area contributed by atoms with Crippen molar-refractivity contribution in [2.45, 2.75) is 56.4 Å². The van der Waals surface area contributed by atoms with Gasteiger partial charge in [0.05, 0.1) is 4.90 Å². The summed E-state index contributed by atoms with van der Waals surface area (Å²) in [4.78, 5) is 14.6. The zero-order valence-corrected chi connectivity index (χ0v) is 16.0. The molecule has 1 aliphatic heterocycles. The second-order valence-corrected chi connectivity index (χ2v) is 9.27. The fraction of sp³-hybridized carbons (Fsp3) is 0.632. The highest BCUT2D eigenvalue weighted by atomic mass is 32.2. The SMILES string of the molecule is C[C@H](C1CC1)N(C)C(=O)c1ccc(S(=O)(=O)N2CCCCCC2)cc1. The van der Waals surface area contributed by atoms with Gasteiger partial charge >= 0.3 is 0 Å². The van der Waals surface area contributed by atoms with Crippen LogP contribution in [0.3, 0.4) is 0 Å². The molecule has 0 unspecified atom stereocenters. The van der Waals surface area contributed by atoms with E-state index in [-0.39, 0.29) is 16.8 Å². The monoisotopic (exact) mass is 364 g/mol. The topological polar surface area (TPSA) is 57.7 Å². The van der Waals surface area contributed by atoms with Crippen LogP contribution in [0.15, 0.2) is 29.2 Å². The van der Waals surface area contributed by atoms with Gasteiger partial charge < -0.3 is 4.90 Å². The number of hydrogen-bond donors (Lipinski definition) is 0. The molecule has 6 heteroatoms. The lowest BCUT2D eigenvalue weighted by atomic mass is 10.1. The van der Waals surface area contributed by atoms with E-state index in [1.165, 1.54) is 12.8 Å². The first-order chi connectivity index (χ1) is 11.9. The predicted molar refractivity (Wildman–Crippen MR) is 97.9 cm³/mol. The van der Waals surface area contributed by atoms with Crippen LogP contribution in [-0.2, 0) is 10.0 Å². The van der Waals surface area contributed by atoms with Gasteiger partial charge in [-0.15, -0.1) is 0 Å². The summed E-state index contributed by atoms with van der Waals surface area (Å²) in [5.74, 6) is 0.565. The van der Waals surface area contributed by atoms with E-state index in [0.717, 1.165) is 25.7 Å². The zero-order chi connectivity index (χ0) is 18.0.